The van der Waals surface area contributed by atoms with Gasteiger partial charge in [0.25, 0.3) is 5.91 Å². The van der Waals surface area contributed by atoms with Crippen molar-refractivity contribution in [2.75, 3.05) is 5.32 Å². The number of hydrogen-bond donors (Lipinski definition) is 1. The van der Waals surface area contributed by atoms with Gasteiger partial charge >= 0.3 is 0 Å². The average molecular weight is 370 g/mol. The van der Waals surface area contributed by atoms with E-state index in [2.05, 4.69) is 15.3 Å². The maximum atomic E-state index is 12.2. The van der Waals surface area contributed by atoms with E-state index in [0.29, 0.717) is 15.7 Å². The van der Waals surface area contributed by atoms with Crippen molar-refractivity contribution >= 4 is 35.0 Å². The molecule has 126 valence electrons. The molecular weight excluding hydrogens is 354 g/mol. The molecule has 25 heavy (non-hydrogen) atoms. The highest BCUT2D eigenvalue weighted by atomic mass is 35.5. The quantitative estimate of drug-likeness (QED) is 0.646. The van der Waals surface area contributed by atoms with Gasteiger partial charge in [0, 0.05) is 32.6 Å². The SMILES string of the molecule is Cc1cc(C)nc(Sc2ccc(NC(=O)c3cccc(Cl)c3)cc2)n1. The van der Waals surface area contributed by atoms with Gasteiger partial charge in [-0.15, -0.1) is 0 Å². The molecule has 0 atom stereocenters. The lowest BCUT2D eigenvalue weighted by atomic mass is 10.2. The van der Waals surface area contributed by atoms with Crippen molar-refractivity contribution in [1.29, 1.82) is 0 Å². The Labute approximate surface area is 155 Å². The lowest BCUT2D eigenvalue weighted by Crippen LogP contribution is -2.11. The highest BCUT2D eigenvalue weighted by Gasteiger charge is 2.07. The summed E-state index contributed by atoms with van der Waals surface area (Å²) in [4.78, 5) is 22.1. The van der Waals surface area contributed by atoms with Crippen LogP contribution >= 0.6 is 23.4 Å². The number of nitrogens with zero attached hydrogens (tertiary/aromatic N) is 2. The molecule has 3 rings (SSSR count). The van der Waals surface area contributed by atoms with E-state index in [1.54, 1.807) is 24.3 Å². The topological polar surface area (TPSA) is 54.9 Å². The minimum Gasteiger partial charge on any atom is -0.322 e. The number of anilines is 1. The normalized spacial score (nSPS) is 10.5. The van der Waals surface area contributed by atoms with E-state index in [9.17, 15) is 4.79 Å². The van der Waals surface area contributed by atoms with Gasteiger partial charge < -0.3 is 5.32 Å². The van der Waals surface area contributed by atoms with Crippen molar-refractivity contribution in [2.45, 2.75) is 23.9 Å². The first-order valence-corrected chi connectivity index (χ1v) is 8.86. The number of carbonyl (C=O) groups is 1. The van der Waals surface area contributed by atoms with Crippen LogP contribution in [-0.4, -0.2) is 15.9 Å². The van der Waals surface area contributed by atoms with E-state index in [1.165, 1.54) is 11.8 Å². The zero-order valence-electron chi connectivity index (χ0n) is 13.8. The van der Waals surface area contributed by atoms with Gasteiger partial charge in [0.1, 0.15) is 0 Å². The molecule has 0 aliphatic heterocycles. The zero-order chi connectivity index (χ0) is 17.8. The number of nitrogens with one attached hydrogen (secondary N) is 1. The molecular formula is C19H16ClN3OS. The van der Waals surface area contributed by atoms with Crippen molar-refractivity contribution < 1.29 is 4.79 Å². The van der Waals surface area contributed by atoms with E-state index in [4.69, 9.17) is 11.6 Å². The number of halogens is 1. The maximum absolute atomic E-state index is 12.2. The van der Waals surface area contributed by atoms with Gasteiger partial charge in [0.2, 0.25) is 0 Å². The molecule has 4 nitrogen and oxygen atoms in total. The maximum Gasteiger partial charge on any atom is 0.255 e. The van der Waals surface area contributed by atoms with Crippen LogP contribution in [0, 0.1) is 13.8 Å². The summed E-state index contributed by atoms with van der Waals surface area (Å²) in [6.07, 6.45) is 0. The minimum absolute atomic E-state index is 0.194. The van der Waals surface area contributed by atoms with Crippen LogP contribution in [-0.2, 0) is 0 Å². The second-order valence-corrected chi connectivity index (χ2v) is 7.00. The van der Waals surface area contributed by atoms with E-state index in [0.717, 1.165) is 22.0 Å². The van der Waals surface area contributed by atoms with Crippen molar-refractivity contribution in [2.24, 2.45) is 0 Å². The summed E-state index contributed by atoms with van der Waals surface area (Å²) in [5.74, 6) is -0.194. The highest BCUT2D eigenvalue weighted by Crippen LogP contribution is 2.26. The standard InChI is InChI=1S/C19H16ClN3OS/c1-12-10-13(2)22-19(21-12)25-17-8-6-16(7-9-17)23-18(24)14-4-3-5-15(20)11-14/h3-11H,1-2H3,(H,23,24). The Morgan fingerprint density at radius 1 is 1.00 bits per heavy atom. The van der Waals surface area contributed by atoms with Crippen LogP contribution in [0.25, 0.3) is 0 Å². The zero-order valence-corrected chi connectivity index (χ0v) is 15.4. The minimum atomic E-state index is -0.194. The second-order valence-electron chi connectivity index (χ2n) is 5.52. The Morgan fingerprint density at radius 2 is 1.68 bits per heavy atom. The van der Waals surface area contributed by atoms with Crippen LogP contribution in [0.1, 0.15) is 21.7 Å². The fraction of sp³-hybridized carbons (Fsp3) is 0.105. The summed E-state index contributed by atoms with van der Waals surface area (Å²) in [5.41, 5.74) is 3.13. The van der Waals surface area contributed by atoms with Gasteiger partial charge in [0.15, 0.2) is 5.16 Å². The Kier molecular flexibility index (Phi) is 5.36. The monoisotopic (exact) mass is 369 g/mol. The molecule has 1 amide bonds. The fourth-order valence-corrected chi connectivity index (χ4v) is 3.34. The first-order chi connectivity index (χ1) is 12.0. The third kappa shape index (κ3) is 4.81. The van der Waals surface area contributed by atoms with Crippen LogP contribution in [0.4, 0.5) is 5.69 Å². The number of carbonyl (C=O) groups excluding carboxylic acids is 1. The molecule has 0 unspecified atom stereocenters. The Hall–Kier alpha value is -2.37. The van der Waals surface area contributed by atoms with Gasteiger partial charge in [-0.05, 0) is 74.1 Å². The van der Waals surface area contributed by atoms with Gasteiger partial charge in [0.05, 0.1) is 0 Å². The number of rotatable bonds is 4. The molecule has 0 aliphatic rings. The lowest BCUT2D eigenvalue weighted by molar-refractivity contribution is 0.102. The summed E-state index contributed by atoms with van der Waals surface area (Å²) in [5, 5.41) is 4.11. The van der Waals surface area contributed by atoms with Gasteiger partial charge in [-0.1, -0.05) is 17.7 Å². The Balaban J connectivity index is 1.68. The van der Waals surface area contributed by atoms with Crippen molar-refractivity contribution in [1.82, 2.24) is 9.97 Å². The van der Waals surface area contributed by atoms with Gasteiger partial charge in [-0.2, -0.15) is 0 Å². The van der Waals surface area contributed by atoms with Crippen LogP contribution in [0.5, 0.6) is 0 Å². The predicted octanol–water partition coefficient (Wildman–Crippen LogP) is 5.15. The summed E-state index contributed by atoms with van der Waals surface area (Å²) in [6, 6.07) is 16.4. The molecule has 6 heteroatoms. The number of benzene rings is 2. The number of aryl methyl sites for hydroxylation is 2. The summed E-state index contributed by atoms with van der Waals surface area (Å²) >= 11 is 7.41. The summed E-state index contributed by atoms with van der Waals surface area (Å²) in [6.45, 7) is 3.90. The molecule has 3 aromatic rings. The second kappa shape index (κ2) is 7.68. The van der Waals surface area contributed by atoms with Crippen molar-refractivity contribution in [3.05, 3.63) is 76.6 Å². The van der Waals surface area contributed by atoms with E-state index < -0.39 is 0 Å². The number of aromatic nitrogens is 2. The van der Waals surface area contributed by atoms with Crippen LogP contribution in [0.2, 0.25) is 5.02 Å². The van der Waals surface area contributed by atoms with Crippen molar-refractivity contribution in [3.63, 3.8) is 0 Å². The summed E-state index contributed by atoms with van der Waals surface area (Å²) < 4.78 is 0. The third-order valence-electron chi connectivity index (χ3n) is 3.37. The van der Waals surface area contributed by atoms with Gasteiger partial charge in [-0.3, -0.25) is 4.79 Å². The van der Waals surface area contributed by atoms with E-state index in [-0.39, 0.29) is 5.91 Å². The smallest absolute Gasteiger partial charge is 0.255 e. The molecule has 0 saturated carbocycles. The van der Waals surface area contributed by atoms with Crippen LogP contribution < -0.4 is 5.32 Å². The molecule has 0 aliphatic carbocycles. The Bertz CT molecular complexity index is 893. The van der Waals surface area contributed by atoms with Crippen LogP contribution in [0.15, 0.2) is 64.6 Å². The number of amides is 1. The summed E-state index contributed by atoms with van der Waals surface area (Å²) in [7, 11) is 0. The lowest BCUT2D eigenvalue weighted by Gasteiger charge is -2.07. The number of hydrogen-bond acceptors (Lipinski definition) is 4. The van der Waals surface area contributed by atoms with E-state index >= 15 is 0 Å². The predicted molar refractivity (Wildman–Crippen MR) is 101 cm³/mol. The molecule has 1 N–H and O–H groups in total. The highest BCUT2D eigenvalue weighted by molar-refractivity contribution is 7.99. The Morgan fingerprint density at radius 3 is 2.32 bits per heavy atom. The molecule has 2 aromatic carbocycles. The molecule has 1 heterocycles. The first-order valence-electron chi connectivity index (χ1n) is 7.67. The fourth-order valence-electron chi connectivity index (χ4n) is 2.28. The molecule has 0 bridgehead atoms. The molecule has 0 fully saturated rings. The molecule has 1 aromatic heterocycles. The van der Waals surface area contributed by atoms with Crippen LogP contribution in [0.3, 0.4) is 0 Å². The average Bonchev–Trinajstić information content (AvgIpc) is 2.56. The third-order valence-corrected chi connectivity index (χ3v) is 4.48. The first kappa shape index (κ1) is 17.5. The van der Waals surface area contributed by atoms with Crippen molar-refractivity contribution in [3.8, 4) is 0 Å². The molecule has 0 spiro atoms. The van der Waals surface area contributed by atoms with E-state index in [1.807, 2.05) is 44.2 Å². The largest absolute Gasteiger partial charge is 0.322 e. The van der Waals surface area contributed by atoms with Gasteiger partial charge in [-0.25, -0.2) is 9.97 Å². The molecule has 0 radical (unpaired) electrons. The molecule has 0 saturated heterocycles.